The lowest BCUT2D eigenvalue weighted by molar-refractivity contribution is -0.0250. The molecule has 0 aliphatic carbocycles. The average molecular weight is 380 g/mol. The van der Waals surface area contributed by atoms with Gasteiger partial charge in [0.1, 0.15) is 0 Å². The molecule has 0 radical (unpaired) electrons. The van der Waals surface area contributed by atoms with Gasteiger partial charge in [-0.25, -0.2) is 0 Å². The van der Waals surface area contributed by atoms with Crippen molar-refractivity contribution in [2.24, 2.45) is 0 Å². The van der Waals surface area contributed by atoms with Crippen LogP contribution in [-0.4, -0.2) is 23.5 Å². The van der Waals surface area contributed by atoms with Crippen LogP contribution in [0.1, 0.15) is 38.7 Å². The number of hydrogen-bond acceptors (Lipinski definition) is 1. The molecule has 20 heavy (non-hydrogen) atoms. The Kier molecular flexibility index (Phi) is 5.45. The molecule has 0 aromatic heterocycles. The van der Waals surface area contributed by atoms with E-state index in [-0.39, 0.29) is 17.1 Å². The van der Waals surface area contributed by atoms with Crippen molar-refractivity contribution < 1.29 is 4.74 Å². The topological polar surface area (TPSA) is 9.23 Å². The molecule has 0 N–H and O–H groups in total. The van der Waals surface area contributed by atoms with Crippen molar-refractivity contribution in [3.63, 3.8) is 0 Å². The highest BCUT2D eigenvalue weighted by atomic mass is 79.9. The molecule has 1 aliphatic rings. The molecule has 1 aromatic rings. The molecular weight excluding hydrogens is 359 g/mol. The Morgan fingerprint density at radius 1 is 1.30 bits per heavy atom. The zero-order valence-corrected chi connectivity index (χ0v) is 15.1. The number of ether oxygens (including phenoxy) is 1. The summed E-state index contributed by atoms with van der Waals surface area (Å²) < 4.78 is 7.20. The summed E-state index contributed by atoms with van der Waals surface area (Å²) in [6.07, 6.45) is 3.27. The van der Waals surface area contributed by atoms with E-state index in [0.717, 1.165) is 23.7 Å². The van der Waals surface area contributed by atoms with Gasteiger partial charge in [0.2, 0.25) is 0 Å². The highest BCUT2D eigenvalue weighted by Gasteiger charge is 2.40. The van der Waals surface area contributed by atoms with Gasteiger partial charge in [0.05, 0.1) is 11.7 Å². The lowest BCUT2D eigenvalue weighted by Crippen LogP contribution is -2.36. The summed E-state index contributed by atoms with van der Waals surface area (Å²) in [7, 11) is 0. The van der Waals surface area contributed by atoms with Gasteiger partial charge >= 0.3 is 0 Å². The smallest absolute Gasteiger partial charge is 0.0631 e. The average Bonchev–Trinajstić information content (AvgIpc) is 2.76. The molecule has 1 aromatic carbocycles. The van der Waals surface area contributed by atoms with E-state index in [1.54, 1.807) is 0 Å². The van der Waals surface area contributed by atoms with Crippen LogP contribution in [0.4, 0.5) is 0 Å². The van der Waals surface area contributed by atoms with Gasteiger partial charge in [-0.2, -0.15) is 0 Å². The van der Waals surface area contributed by atoms with Gasteiger partial charge in [-0.3, -0.25) is 0 Å². The number of rotatable bonds is 5. The van der Waals surface area contributed by atoms with E-state index >= 15 is 0 Å². The fourth-order valence-corrected chi connectivity index (χ4v) is 4.44. The third kappa shape index (κ3) is 3.52. The zero-order valence-electron chi connectivity index (χ0n) is 12.0. The third-order valence-corrected chi connectivity index (χ3v) is 5.84. The van der Waals surface area contributed by atoms with Crippen LogP contribution < -0.4 is 0 Å². The van der Waals surface area contributed by atoms with Gasteiger partial charge in [-0.05, 0) is 44.7 Å². The van der Waals surface area contributed by atoms with E-state index in [2.05, 4.69) is 35.8 Å². The molecule has 1 unspecified atom stereocenters. The van der Waals surface area contributed by atoms with Crippen molar-refractivity contribution >= 4 is 39.1 Å². The van der Waals surface area contributed by atoms with Crippen molar-refractivity contribution in [3.05, 3.63) is 34.3 Å². The van der Waals surface area contributed by atoms with Gasteiger partial charge in [0, 0.05) is 21.6 Å². The molecule has 4 heteroatoms. The number of hydrogen-bond donors (Lipinski definition) is 0. The highest BCUT2D eigenvalue weighted by molar-refractivity contribution is 9.10. The molecular formula is C16H21BrCl2O. The van der Waals surface area contributed by atoms with E-state index in [4.69, 9.17) is 27.9 Å². The summed E-state index contributed by atoms with van der Waals surface area (Å²) in [5, 5.41) is 0. The Morgan fingerprint density at radius 2 is 1.95 bits per heavy atom. The van der Waals surface area contributed by atoms with Crippen molar-refractivity contribution in [2.75, 3.05) is 11.8 Å². The predicted octanol–water partition coefficient (Wildman–Crippen LogP) is 5.51. The first-order chi connectivity index (χ1) is 9.42. The maximum absolute atomic E-state index is 6.32. The van der Waals surface area contributed by atoms with Crippen molar-refractivity contribution in [3.8, 4) is 0 Å². The maximum Gasteiger partial charge on any atom is 0.0631 e. The van der Waals surface area contributed by atoms with Gasteiger partial charge in [-0.1, -0.05) is 34.1 Å². The van der Waals surface area contributed by atoms with E-state index in [9.17, 15) is 0 Å². The lowest BCUT2D eigenvalue weighted by Gasteiger charge is -2.34. The molecule has 0 bridgehead atoms. The van der Waals surface area contributed by atoms with Crippen molar-refractivity contribution in [1.29, 1.82) is 0 Å². The van der Waals surface area contributed by atoms with E-state index in [0.29, 0.717) is 11.8 Å². The molecule has 1 aliphatic heterocycles. The minimum absolute atomic E-state index is 0.0248. The molecule has 0 saturated carbocycles. The Bertz CT molecular complexity index is 458. The second kappa shape index (κ2) is 6.56. The summed E-state index contributed by atoms with van der Waals surface area (Å²) in [4.78, 5) is 0. The van der Waals surface area contributed by atoms with Gasteiger partial charge in [-0.15, -0.1) is 23.2 Å². The van der Waals surface area contributed by atoms with E-state index in [1.165, 1.54) is 5.56 Å². The zero-order chi connectivity index (χ0) is 14.8. The van der Waals surface area contributed by atoms with Gasteiger partial charge in [0.15, 0.2) is 0 Å². The fourth-order valence-electron chi connectivity index (χ4n) is 2.95. The molecule has 0 amide bonds. The van der Waals surface area contributed by atoms with Gasteiger partial charge in [0.25, 0.3) is 0 Å². The molecule has 0 spiro atoms. The van der Waals surface area contributed by atoms with Gasteiger partial charge < -0.3 is 4.74 Å². The molecule has 1 saturated heterocycles. The molecule has 1 fully saturated rings. The third-order valence-electron chi connectivity index (χ3n) is 4.13. The second-order valence-electron chi connectivity index (χ2n) is 6.27. The van der Waals surface area contributed by atoms with Crippen LogP contribution in [0.3, 0.4) is 0 Å². The van der Waals surface area contributed by atoms with Crippen molar-refractivity contribution in [1.82, 2.24) is 0 Å². The summed E-state index contributed by atoms with van der Waals surface area (Å²) in [5.41, 5.74) is 0.912. The first-order valence-electron chi connectivity index (χ1n) is 6.97. The minimum atomic E-state index is -0.242. The summed E-state index contributed by atoms with van der Waals surface area (Å²) in [6, 6.07) is 8.20. The molecule has 1 atom stereocenters. The first kappa shape index (κ1) is 16.6. The highest BCUT2D eigenvalue weighted by Crippen LogP contribution is 2.41. The largest absolute Gasteiger partial charge is 0.372 e. The quantitative estimate of drug-likeness (QED) is 0.612. The maximum atomic E-state index is 6.32. The molecule has 2 rings (SSSR count). The van der Waals surface area contributed by atoms with Crippen LogP contribution in [0, 0.1) is 0 Å². The van der Waals surface area contributed by atoms with Crippen LogP contribution in [0.5, 0.6) is 0 Å². The van der Waals surface area contributed by atoms with Crippen LogP contribution in [-0.2, 0) is 10.2 Å². The molecule has 1 nitrogen and oxygen atoms in total. The Labute approximate surface area is 140 Å². The number of halogens is 3. The summed E-state index contributed by atoms with van der Waals surface area (Å²) in [5.74, 6) is 0.999. The summed E-state index contributed by atoms with van der Waals surface area (Å²) >= 11 is 16.3. The summed E-state index contributed by atoms with van der Waals surface area (Å²) in [6.45, 7) is 4.29. The van der Waals surface area contributed by atoms with E-state index < -0.39 is 0 Å². The van der Waals surface area contributed by atoms with Crippen LogP contribution >= 0.6 is 39.1 Å². The lowest BCUT2D eigenvalue weighted by atomic mass is 9.79. The van der Waals surface area contributed by atoms with Crippen molar-refractivity contribution in [2.45, 2.75) is 50.2 Å². The minimum Gasteiger partial charge on any atom is -0.372 e. The Hall–Kier alpha value is 0.240. The second-order valence-corrected chi connectivity index (χ2v) is 7.66. The molecule has 112 valence electrons. The number of alkyl halides is 2. The Morgan fingerprint density at radius 3 is 2.45 bits per heavy atom. The van der Waals surface area contributed by atoms with Crippen LogP contribution in [0.25, 0.3) is 0 Å². The van der Waals surface area contributed by atoms with Crippen LogP contribution in [0.2, 0.25) is 0 Å². The standard InChI is InChI=1S/C16H21BrCl2O/c1-15(2)8-7-12(20-15)9-16(10-18,11-19)13-5-3-4-6-14(13)17/h3-6,12H,7-11H2,1-2H3. The molecule has 1 heterocycles. The van der Waals surface area contributed by atoms with E-state index in [1.807, 2.05) is 18.2 Å². The normalized spacial score (nSPS) is 22.1. The Balaban J connectivity index is 2.25. The first-order valence-corrected chi connectivity index (χ1v) is 8.83. The predicted molar refractivity (Wildman–Crippen MR) is 90.1 cm³/mol. The monoisotopic (exact) mass is 378 g/mol. The number of benzene rings is 1. The van der Waals surface area contributed by atoms with Crippen LogP contribution in [0.15, 0.2) is 28.7 Å². The fraction of sp³-hybridized carbons (Fsp3) is 0.625. The SMILES string of the molecule is CC1(C)CCC(CC(CCl)(CCl)c2ccccc2Br)O1.